The summed E-state index contributed by atoms with van der Waals surface area (Å²) in [5.74, 6) is 5.07. The number of benzene rings is 2. The second kappa shape index (κ2) is 9.69. The van der Waals surface area contributed by atoms with Gasteiger partial charge >= 0.3 is 0 Å². The van der Waals surface area contributed by atoms with E-state index in [0.29, 0.717) is 16.1 Å². The van der Waals surface area contributed by atoms with Crippen LogP contribution in [0.5, 0.6) is 0 Å². The van der Waals surface area contributed by atoms with Gasteiger partial charge in [0.15, 0.2) is 0 Å². The van der Waals surface area contributed by atoms with Crippen LogP contribution >= 0.6 is 15.9 Å². The summed E-state index contributed by atoms with van der Waals surface area (Å²) < 4.78 is 17.9. The molecular weight excluding hydrogens is 478 g/mol. The molecule has 6 nitrogen and oxygen atoms in total. The summed E-state index contributed by atoms with van der Waals surface area (Å²) in [6.07, 6.45) is 4.28. The summed E-state index contributed by atoms with van der Waals surface area (Å²) in [7, 11) is -3.03. The van der Waals surface area contributed by atoms with Gasteiger partial charge in [-0.1, -0.05) is 39.9 Å². The summed E-state index contributed by atoms with van der Waals surface area (Å²) in [6.45, 7) is 1.38. The van der Waals surface area contributed by atoms with Crippen LogP contribution in [0.3, 0.4) is 0 Å². The summed E-state index contributed by atoms with van der Waals surface area (Å²) in [4.78, 5) is 28.3. The van der Waals surface area contributed by atoms with Gasteiger partial charge in [-0.25, -0.2) is 4.21 Å². The van der Waals surface area contributed by atoms with Crippen molar-refractivity contribution in [1.29, 1.82) is 0 Å². The van der Waals surface area contributed by atoms with Gasteiger partial charge in [0.05, 0.1) is 15.3 Å². The van der Waals surface area contributed by atoms with Crippen molar-refractivity contribution < 1.29 is 13.8 Å². The average Bonchev–Trinajstić information content (AvgIpc) is 2.72. The second-order valence-electron chi connectivity index (χ2n) is 6.63. The normalized spacial score (nSPS) is 12.1. The largest absolute Gasteiger partial charge is 0.326 e. The predicted molar refractivity (Wildman–Crippen MR) is 124 cm³/mol. The first-order valence-electron chi connectivity index (χ1n) is 9.10. The molecule has 31 heavy (non-hydrogen) atoms. The third-order valence-electron chi connectivity index (χ3n) is 4.01. The molecule has 0 spiro atoms. The standard InChI is InChI=1S/C23H18BrN3O3S/c1-16(28)26-21-7-4-8-22(13-21)31(2,30)27-23(29)19-11-18(14-25-15-19)10-9-17-5-3-6-20(24)12-17/h3-8,11-15H,1-2H3,(H,26,28). The third kappa shape index (κ3) is 6.35. The van der Waals surface area contributed by atoms with Crippen LogP contribution in [0.15, 0.2) is 80.7 Å². The quantitative estimate of drug-likeness (QED) is 0.541. The van der Waals surface area contributed by atoms with E-state index >= 15 is 0 Å². The molecule has 0 fully saturated rings. The highest BCUT2D eigenvalue weighted by Gasteiger charge is 2.13. The highest BCUT2D eigenvalue weighted by atomic mass is 79.9. The summed E-state index contributed by atoms with van der Waals surface area (Å²) in [5.41, 5.74) is 2.02. The number of carbonyl (C=O) groups excluding carboxylic acids is 2. The molecule has 2 amide bonds. The Morgan fingerprint density at radius 2 is 1.77 bits per heavy atom. The van der Waals surface area contributed by atoms with Gasteiger partial charge in [0.25, 0.3) is 5.91 Å². The van der Waals surface area contributed by atoms with Gasteiger partial charge < -0.3 is 5.32 Å². The van der Waals surface area contributed by atoms with Crippen molar-refractivity contribution in [2.24, 2.45) is 4.36 Å². The number of aromatic nitrogens is 1. The molecule has 1 N–H and O–H groups in total. The highest BCUT2D eigenvalue weighted by molar-refractivity contribution is 9.10. The Bertz CT molecular complexity index is 1350. The molecule has 0 aliphatic rings. The van der Waals surface area contributed by atoms with Gasteiger partial charge in [-0.05, 0) is 42.5 Å². The zero-order chi connectivity index (χ0) is 22.4. The van der Waals surface area contributed by atoms with E-state index in [9.17, 15) is 13.8 Å². The number of anilines is 1. The van der Waals surface area contributed by atoms with E-state index in [-0.39, 0.29) is 11.5 Å². The lowest BCUT2D eigenvalue weighted by Gasteiger charge is -2.07. The summed E-state index contributed by atoms with van der Waals surface area (Å²) in [5, 5.41) is 2.62. The number of nitrogens with zero attached hydrogens (tertiary/aromatic N) is 2. The number of halogens is 1. The number of amides is 2. The molecule has 1 heterocycles. The lowest BCUT2D eigenvalue weighted by atomic mass is 10.2. The van der Waals surface area contributed by atoms with Gasteiger partial charge in [-0.15, -0.1) is 0 Å². The van der Waals surface area contributed by atoms with Crippen molar-refractivity contribution in [3.63, 3.8) is 0 Å². The minimum Gasteiger partial charge on any atom is -0.326 e. The topological polar surface area (TPSA) is 88.5 Å². The maximum absolute atomic E-state index is 13.1. The van der Waals surface area contributed by atoms with Crippen LogP contribution in [0.2, 0.25) is 0 Å². The van der Waals surface area contributed by atoms with E-state index in [1.165, 1.54) is 19.4 Å². The molecule has 1 atom stereocenters. The highest BCUT2D eigenvalue weighted by Crippen LogP contribution is 2.18. The zero-order valence-electron chi connectivity index (χ0n) is 16.8. The second-order valence-corrected chi connectivity index (χ2v) is 9.81. The average molecular weight is 496 g/mol. The number of hydrogen-bond acceptors (Lipinski definition) is 4. The maximum atomic E-state index is 13.1. The van der Waals surface area contributed by atoms with E-state index in [1.807, 2.05) is 24.3 Å². The van der Waals surface area contributed by atoms with E-state index in [1.54, 1.807) is 36.5 Å². The fourth-order valence-corrected chi connectivity index (χ4v) is 4.22. The van der Waals surface area contributed by atoms with E-state index < -0.39 is 15.6 Å². The van der Waals surface area contributed by atoms with Crippen molar-refractivity contribution in [1.82, 2.24) is 4.98 Å². The smallest absolute Gasteiger partial charge is 0.286 e. The predicted octanol–water partition coefficient (Wildman–Crippen LogP) is 4.50. The van der Waals surface area contributed by atoms with Gasteiger partial charge in [0, 0.05) is 51.8 Å². The summed E-state index contributed by atoms with van der Waals surface area (Å²) in [6, 6.07) is 15.5. The van der Waals surface area contributed by atoms with E-state index in [0.717, 1.165) is 10.0 Å². The first-order valence-corrected chi connectivity index (χ1v) is 11.8. The van der Waals surface area contributed by atoms with Gasteiger partial charge in [-0.2, -0.15) is 4.36 Å². The van der Waals surface area contributed by atoms with Gasteiger partial charge in [-0.3, -0.25) is 14.6 Å². The first kappa shape index (κ1) is 22.4. The Labute approximate surface area is 189 Å². The molecule has 0 aliphatic heterocycles. The molecule has 0 saturated carbocycles. The number of carbonyl (C=O) groups is 2. The third-order valence-corrected chi connectivity index (χ3v) is 6.15. The minimum absolute atomic E-state index is 0.189. The Balaban J connectivity index is 1.88. The lowest BCUT2D eigenvalue weighted by Crippen LogP contribution is -2.08. The van der Waals surface area contributed by atoms with Crippen LogP contribution in [-0.4, -0.2) is 27.3 Å². The van der Waals surface area contributed by atoms with Gasteiger partial charge in [0.1, 0.15) is 0 Å². The number of hydrogen-bond donors (Lipinski definition) is 1. The molecule has 156 valence electrons. The molecule has 1 aromatic heterocycles. The first-order chi connectivity index (χ1) is 14.7. The van der Waals surface area contributed by atoms with Crippen molar-refractivity contribution in [3.05, 3.63) is 88.2 Å². The molecule has 3 aromatic rings. The van der Waals surface area contributed by atoms with Crippen molar-refractivity contribution in [2.75, 3.05) is 11.6 Å². The Morgan fingerprint density at radius 1 is 1.03 bits per heavy atom. The molecule has 0 saturated heterocycles. The molecule has 0 bridgehead atoms. The van der Waals surface area contributed by atoms with Crippen LogP contribution in [0.4, 0.5) is 5.69 Å². The van der Waals surface area contributed by atoms with Crippen molar-refractivity contribution in [2.45, 2.75) is 11.8 Å². The maximum Gasteiger partial charge on any atom is 0.286 e. The molecule has 3 rings (SSSR count). The number of pyridine rings is 1. The van der Waals surface area contributed by atoms with Crippen LogP contribution in [0.1, 0.15) is 28.4 Å². The van der Waals surface area contributed by atoms with Crippen LogP contribution < -0.4 is 5.32 Å². The molecule has 0 radical (unpaired) electrons. The SMILES string of the molecule is CC(=O)Nc1cccc(S(C)(=O)=NC(=O)c2cncc(C#Cc3cccc(Br)c3)c2)c1. The molecular formula is C23H18BrN3O3S. The Morgan fingerprint density at radius 3 is 2.52 bits per heavy atom. The Kier molecular flexibility index (Phi) is 7.00. The fourth-order valence-electron chi connectivity index (χ4n) is 2.61. The molecule has 0 aliphatic carbocycles. The summed E-state index contributed by atoms with van der Waals surface area (Å²) >= 11 is 3.40. The van der Waals surface area contributed by atoms with Crippen molar-refractivity contribution >= 4 is 43.2 Å². The van der Waals surface area contributed by atoms with E-state index in [2.05, 4.69) is 42.4 Å². The minimum atomic E-state index is -3.03. The number of rotatable bonds is 3. The van der Waals surface area contributed by atoms with E-state index in [4.69, 9.17) is 0 Å². The Hall–Kier alpha value is -3.28. The van der Waals surface area contributed by atoms with Crippen molar-refractivity contribution in [3.8, 4) is 11.8 Å². The zero-order valence-corrected chi connectivity index (χ0v) is 19.2. The fraction of sp³-hybridized carbons (Fsp3) is 0.0870. The monoisotopic (exact) mass is 495 g/mol. The lowest BCUT2D eigenvalue weighted by molar-refractivity contribution is -0.114. The number of nitrogens with one attached hydrogen (secondary N) is 1. The van der Waals surface area contributed by atoms with Crippen LogP contribution in [0, 0.1) is 11.8 Å². The molecule has 2 aromatic carbocycles. The van der Waals surface area contributed by atoms with Gasteiger partial charge in [0.2, 0.25) is 5.91 Å². The molecule has 1 unspecified atom stereocenters. The molecule has 8 heteroatoms. The van der Waals surface area contributed by atoms with Crippen LogP contribution in [0.25, 0.3) is 0 Å². The van der Waals surface area contributed by atoms with Crippen LogP contribution in [-0.2, 0) is 14.5 Å².